The number of thiocarbonyl (C=S) groups is 1. The van der Waals surface area contributed by atoms with Crippen molar-refractivity contribution in [2.45, 2.75) is 31.8 Å². The van der Waals surface area contributed by atoms with Crippen LogP contribution in [0.1, 0.15) is 25.7 Å². The zero-order chi connectivity index (χ0) is 11.6. The van der Waals surface area contributed by atoms with Crippen molar-refractivity contribution in [2.24, 2.45) is 0 Å². The number of hydrogen-bond acceptors (Lipinski definition) is 3. The number of rotatable bonds is 7. The van der Waals surface area contributed by atoms with Crippen LogP contribution in [0.15, 0.2) is 0 Å². The van der Waals surface area contributed by atoms with Crippen LogP contribution < -0.4 is 10.6 Å². The Morgan fingerprint density at radius 2 is 2.25 bits per heavy atom. The summed E-state index contributed by atoms with van der Waals surface area (Å²) in [5.41, 5.74) is 0. The molecule has 1 saturated heterocycles. The first-order valence-corrected chi connectivity index (χ1v) is 6.36. The van der Waals surface area contributed by atoms with E-state index in [4.69, 9.17) is 21.7 Å². The van der Waals surface area contributed by atoms with E-state index in [9.17, 15) is 0 Å². The van der Waals surface area contributed by atoms with Gasteiger partial charge in [0, 0.05) is 33.4 Å². The lowest BCUT2D eigenvalue weighted by atomic mass is 10.2. The van der Waals surface area contributed by atoms with Crippen LogP contribution in [-0.2, 0) is 9.47 Å². The van der Waals surface area contributed by atoms with Crippen LogP contribution in [0.2, 0.25) is 0 Å². The lowest BCUT2D eigenvalue weighted by Gasteiger charge is -2.12. The summed E-state index contributed by atoms with van der Waals surface area (Å²) in [6.45, 7) is 3.44. The van der Waals surface area contributed by atoms with Gasteiger partial charge in [-0.2, -0.15) is 0 Å². The predicted molar refractivity (Wildman–Crippen MR) is 68.7 cm³/mol. The second-order valence-electron chi connectivity index (χ2n) is 3.95. The molecule has 1 heterocycles. The van der Waals surface area contributed by atoms with Gasteiger partial charge < -0.3 is 20.1 Å². The van der Waals surface area contributed by atoms with Crippen LogP contribution in [0.25, 0.3) is 0 Å². The fourth-order valence-electron chi connectivity index (χ4n) is 1.70. The van der Waals surface area contributed by atoms with Crippen LogP contribution in [0.3, 0.4) is 0 Å². The van der Waals surface area contributed by atoms with Gasteiger partial charge in [-0.25, -0.2) is 0 Å². The topological polar surface area (TPSA) is 42.5 Å². The normalized spacial score (nSPS) is 19.7. The van der Waals surface area contributed by atoms with Gasteiger partial charge >= 0.3 is 0 Å². The molecule has 0 aromatic carbocycles. The van der Waals surface area contributed by atoms with Crippen molar-refractivity contribution in [3.63, 3.8) is 0 Å². The van der Waals surface area contributed by atoms with Crippen LogP contribution in [-0.4, -0.2) is 44.6 Å². The maximum atomic E-state index is 5.53. The second kappa shape index (κ2) is 8.73. The standard InChI is InChI=1S/C11H22N2O2S/c1-14-8-3-6-12-11(16)13-7-5-10-4-2-9-15-10/h10H,2-9H2,1H3,(H2,12,13,16). The van der Waals surface area contributed by atoms with E-state index in [0.29, 0.717) is 6.10 Å². The van der Waals surface area contributed by atoms with Gasteiger partial charge in [-0.05, 0) is 37.9 Å². The monoisotopic (exact) mass is 246 g/mol. The average molecular weight is 246 g/mol. The summed E-state index contributed by atoms with van der Waals surface area (Å²) < 4.78 is 10.5. The number of nitrogens with one attached hydrogen (secondary N) is 2. The molecule has 0 aliphatic carbocycles. The van der Waals surface area contributed by atoms with Crippen LogP contribution in [0, 0.1) is 0 Å². The van der Waals surface area contributed by atoms with Crippen molar-refractivity contribution in [3.05, 3.63) is 0 Å². The molecule has 1 rings (SSSR count). The first-order valence-electron chi connectivity index (χ1n) is 5.95. The smallest absolute Gasteiger partial charge is 0.166 e. The molecule has 4 nitrogen and oxygen atoms in total. The summed E-state index contributed by atoms with van der Waals surface area (Å²) >= 11 is 5.14. The number of ether oxygens (including phenoxy) is 2. The van der Waals surface area contributed by atoms with Gasteiger partial charge in [-0.3, -0.25) is 0 Å². The summed E-state index contributed by atoms with van der Waals surface area (Å²) in [5.74, 6) is 0. The Hall–Kier alpha value is -0.390. The predicted octanol–water partition coefficient (Wildman–Crippen LogP) is 1.06. The fraction of sp³-hybridized carbons (Fsp3) is 0.909. The molecule has 1 aliphatic heterocycles. The largest absolute Gasteiger partial charge is 0.385 e. The SMILES string of the molecule is COCCCNC(=S)NCCC1CCCO1. The summed E-state index contributed by atoms with van der Waals surface area (Å²) in [4.78, 5) is 0. The summed E-state index contributed by atoms with van der Waals surface area (Å²) in [5, 5.41) is 7.06. The Labute approximate surface area is 103 Å². The number of hydrogen-bond donors (Lipinski definition) is 2. The molecule has 0 amide bonds. The van der Waals surface area contributed by atoms with Gasteiger partial charge in [-0.15, -0.1) is 0 Å². The van der Waals surface area contributed by atoms with Crippen molar-refractivity contribution < 1.29 is 9.47 Å². The third kappa shape index (κ3) is 6.25. The third-order valence-corrected chi connectivity index (χ3v) is 2.88. The number of methoxy groups -OCH3 is 1. The second-order valence-corrected chi connectivity index (χ2v) is 4.36. The Morgan fingerprint density at radius 1 is 1.44 bits per heavy atom. The minimum absolute atomic E-state index is 0.434. The summed E-state index contributed by atoms with van der Waals surface area (Å²) in [7, 11) is 1.71. The van der Waals surface area contributed by atoms with Crippen molar-refractivity contribution in [1.82, 2.24) is 10.6 Å². The summed E-state index contributed by atoms with van der Waals surface area (Å²) in [6, 6.07) is 0. The first-order chi connectivity index (χ1) is 7.83. The zero-order valence-electron chi connectivity index (χ0n) is 9.96. The van der Waals surface area contributed by atoms with E-state index in [0.717, 1.165) is 44.3 Å². The van der Waals surface area contributed by atoms with E-state index in [1.807, 2.05) is 0 Å². The van der Waals surface area contributed by atoms with E-state index in [1.54, 1.807) is 7.11 Å². The molecule has 0 aromatic heterocycles. The van der Waals surface area contributed by atoms with Crippen molar-refractivity contribution >= 4 is 17.3 Å². The van der Waals surface area contributed by atoms with Crippen LogP contribution in [0.5, 0.6) is 0 Å². The Bertz CT molecular complexity index is 196. The fourth-order valence-corrected chi connectivity index (χ4v) is 1.90. The highest BCUT2D eigenvalue weighted by Crippen LogP contribution is 2.14. The van der Waals surface area contributed by atoms with Crippen LogP contribution in [0.4, 0.5) is 0 Å². The van der Waals surface area contributed by atoms with E-state index >= 15 is 0 Å². The Balaban J connectivity index is 1.89. The molecule has 1 atom stereocenters. The minimum atomic E-state index is 0.434. The molecule has 1 unspecified atom stereocenters. The highest BCUT2D eigenvalue weighted by molar-refractivity contribution is 7.80. The molecule has 0 aromatic rings. The van der Waals surface area contributed by atoms with Gasteiger partial charge in [-0.1, -0.05) is 0 Å². The van der Waals surface area contributed by atoms with Gasteiger partial charge in [0.25, 0.3) is 0 Å². The zero-order valence-corrected chi connectivity index (χ0v) is 10.8. The molecule has 0 radical (unpaired) electrons. The molecule has 1 fully saturated rings. The highest BCUT2D eigenvalue weighted by atomic mass is 32.1. The van der Waals surface area contributed by atoms with Crippen molar-refractivity contribution in [2.75, 3.05) is 33.4 Å². The maximum Gasteiger partial charge on any atom is 0.166 e. The average Bonchev–Trinajstić information content (AvgIpc) is 2.77. The van der Waals surface area contributed by atoms with Gasteiger partial charge in [0.1, 0.15) is 0 Å². The van der Waals surface area contributed by atoms with E-state index in [2.05, 4.69) is 10.6 Å². The lowest BCUT2D eigenvalue weighted by Crippen LogP contribution is -2.37. The maximum absolute atomic E-state index is 5.53. The van der Waals surface area contributed by atoms with Gasteiger partial charge in [0.05, 0.1) is 6.10 Å². The van der Waals surface area contributed by atoms with Gasteiger partial charge in [0.15, 0.2) is 5.11 Å². The third-order valence-electron chi connectivity index (χ3n) is 2.59. The van der Waals surface area contributed by atoms with Crippen LogP contribution >= 0.6 is 12.2 Å². The lowest BCUT2D eigenvalue weighted by molar-refractivity contribution is 0.105. The molecule has 94 valence electrons. The first kappa shape index (κ1) is 13.7. The molecular formula is C11H22N2O2S. The molecule has 16 heavy (non-hydrogen) atoms. The van der Waals surface area contributed by atoms with Crippen molar-refractivity contribution in [1.29, 1.82) is 0 Å². The highest BCUT2D eigenvalue weighted by Gasteiger charge is 2.14. The molecule has 2 N–H and O–H groups in total. The molecule has 0 saturated carbocycles. The molecule has 1 aliphatic rings. The molecule has 0 bridgehead atoms. The molecule has 0 spiro atoms. The Morgan fingerprint density at radius 3 is 2.94 bits per heavy atom. The molecular weight excluding hydrogens is 224 g/mol. The summed E-state index contributed by atoms with van der Waals surface area (Å²) in [6.07, 6.45) is 4.84. The van der Waals surface area contributed by atoms with E-state index < -0.39 is 0 Å². The van der Waals surface area contributed by atoms with E-state index in [1.165, 1.54) is 12.8 Å². The molecule has 5 heteroatoms. The quantitative estimate of drug-likeness (QED) is 0.519. The van der Waals surface area contributed by atoms with E-state index in [-0.39, 0.29) is 0 Å². The van der Waals surface area contributed by atoms with Gasteiger partial charge in [0.2, 0.25) is 0 Å². The minimum Gasteiger partial charge on any atom is -0.385 e. The Kier molecular flexibility index (Phi) is 7.46. The van der Waals surface area contributed by atoms with Crippen molar-refractivity contribution in [3.8, 4) is 0 Å².